The fraction of sp³-hybridized carbons (Fsp3) is 0.667. The summed E-state index contributed by atoms with van der Waals surface area (Å²) >= 11 is 0. The van der Waals surface area contributed by atoms with Gasteiger partial charge < -0.3 is 15.5 Å². The van der Waals surface area contributed by atoms with E-state index in [0.717, 1.165) is 31.4 Å². The molecule has 1 amide bonds. The topological polar surface area (TPSA) is 68.3 Å². The van der Waals surface area contributed by atoms with Gasteiger partial charge in [0, 0.05) is 24.4 Å². The number of nitrogens with two attached hydrogens (primary N) is 1. The molecule has 3 N–H and O–H groups in total. The highest BCUT2D eigenvalue weighted by molar-refractivity contribution is 5.78. The zero-order valence-electron chi connectivity index (χ0n) is 12.2. The minimum absolute atomic E-state index is 0.0396. The van der Waals surface area contributed by atoms with E-state index in [1.165, 1.54) is 0 Å². The SMILES string of the molecule is CC(N)CCCC(C)C(=O)NC(C)Cc1ccco1. The van der Waals surface area contributed by atoms with Crippen LogP contribution in [0.1, 0.15) is 45.8 Å². The van der Waals surface area contributed by atoms with E-state index in [1.807, 2.05) is 32.9 Å². The Balaban J connectivity index is 2.25. The molecule has 3 atom stereocenters. The lowest BCUT2D eigenvalue weighted by molar-refractivity contribution is -0.125. The average Bonchev–Trinajstić information content (AvgIpc) is 2.80. The number of amides is 1. The van der Waals surface area contributed by atoms with Gasteiger partial charge in [0.15, 0.2) is 0 Å². The first kappa shape index (κ1) is 15.8. The van der Waals surface area contributed by atoms with E-state index in [-0.39, 0.29) is 23.9 Å². The van der Waals surface area contributed by atoms with Crippen molar-refractivity contribution in [2.45, 2.75) is 58.5 Å². The average molecular weight is 266 g/mol. The molecule has 0 radical (unpaired) electrons. The van der Waals surface area contributed by atoms with Gasteiger partial charge in [0.05, 0.1) is 6.26 Å². The molecule has 0 saturated carbocycles. The molecule has 0 aliphatic heterocycles. The molecule has 0 saturated heterocycles. The van der Waals surface area contributed by atoms with Crippen LogP contribution in [0.25, 0.3) is 0 Å². The highest BCUT2D eigenvalue weighted by Crippen LogP contribution is 2.10. The van der Waals surface area contributed by atoms with E-state index in [4.69, 9.17) is 10.2 Å². The molecule has 1 aromatic heterocycles. The Morgan fingerprint density at radius 1 is 1.37 bits per heavy atom. The van der Waals surface area contributed by atoms with Gasteiger partial charge in [0.25, 0.3) is 0 Å². The van der Waals surface area contributed by atoms with Crippen LogP contribution in [-0.2, 0) is 11.2 Å². The summed E-state index contributed by atoms with van der Waals surface area (Å²) < 4.78 is 5.27. The number of rotatable bonds is 8. The van der Waals surface area contributed by atoms with Crippen molar-refractivity contribution >= 4 is 5.91 Å². The summed E-state index contributed by atoms with van der Waals surface area (Å²) in [5.74, 6) is 1.05. The Morgan fingerprint density at radius 2 is 2.11 bits per heavy atom. The Hall–Kier alpha value is -1.29. The molecule has 0 fully saturated rings. The Kier molecular flexibility index (Phi) is 6.64. The molecular weight excluding hydrogens is 240 g/mol. The highest BCUT2D eigenvalue weighted by Gasteiger charge is 2.15. The Bertz CT molecular complexity index is 360. The lowest BCUT2D eigenvalue weighted by atomic mass is 10.0. The first-order valence-electron chi connectivity index (χ1n) is 7.07. The van der Waals surface area contributed by atoms with Crippen LogP contribution in [0.3, 0.4) is 0 Å². The van der Waals surface area contributed by atoms with Gasteiger partial charge in [0.1, 0.15) is 5.76 Å². The predicted molar refractivity (Wildman–Crippen MR) is 76.7 cm³/mol. The summed E-state index contributed by atoms with van der Waals surface area (Å²) in [6.07, 6.45) is 5.24. The lowest BCUT2D eigenvalue weighted by Gasteiger charge is -2.17. The van der Waals surface area contributed by atoms with Gasteiger partial charge in [-0.15, -0.1) is 0 Å². The van der Waals surface area contributed by atoms with Crippen LogP contribution in [0.4, 0.5) is 0 Å². The zero-order chi connectivity index (χ0) is 14.3. The van der Waals surface area contributed by atoms with Crippen molar-refractivity contribution in [3.63, 3.8) is 0 Å². The van der Waals surface area contributed by atoms with Gasteiger partial charge in [-0.25, -0.2) is 0 Å². The van der Waals surface area contributed by atoms with Crippen LogP contribution in [0.2, 0.25) is 0 Å². The van der Waals surface area contributed by atoms with Gasteiger partial charge in [0.2, 0.25) is 5.91 Å². The number of carbonyl (C=O) groups is 1. The van der Waals surface area contributed by atoms with Crippen LogP contribution < -0.4 is 11.1 Å². The van der Waals surface area contributed by atoms with Gasteiger partial charge in [-0.1, -0.05) is 13.3 Å². The maximum atomic E-state index is 12.0. The summed E-state index contributed by atoms with van der Waals surface area (Å²) in [5, 5.41) is 3.03. The summed E-state index contributed by atoms with van der Waals surface area (Å²) in [7, 11) is 0. The standard InChI is InChI=1S/C15H26N2O2/c1-11(6-4-7-12(2)16)15(18)17-13(3)10-14-8-5-9-19-14/h5,8-9,11-13H,4,6-7,10,16H2,1-3H3,(H,17,18). The molecule has 0 aliphatic rings. The smallest absolute Gasteiger partial charge is 0.223 e. The third kappa shape index (κ3) is 6.43. The number of hydrogen-bond acceptors (Lipinski definition) is 3. The van der Waals surface area contributed by atoms with Gasteiger partial charge in [-0.2, -0.15) is 0 Å². The quantitative estimate of drug-likeness (QED) is 0.759. The molecule has 0 aromatic carbocycles. The molecular formula is C15H26N2O2. The van der Waals surface area contributed by atoms with Crippen molar-refractivity contribution in [2.24, 2.45) is 11.7 Å². The monoisotopic (exact) mass is 266 g/mol. The first-order valence-corrected chi connectivity index (χ1v) is 7.07. The molecule has 0 spiro atoms. The van der Waals surface area contributed by atoms with Crippen molar-refractivity contribution < 1.29 is 9.21 Å². The number of hydrogen-bond donors (Lipinski definition) is 2. The summed E-state index contributed by atoms with van der Waals surface area (Å²) in [5.41, 5.74) is 5.70. The van der Waals surface area contributed by atoms with Crippen molar-refractivity contribution in [2.75, 3.05) is 0 Å². The summed E-state index contributed by atoms with van der Waals surface area (Å²) in [6.45, 7) is 5.96. The van der Waals surface area contributed by atoms with Crippen LogP contribution in [0, 0.1) is 5.92 Å². The lowest BCUT2D eigenvalue weighted by Crippen LogP contribution is -2.37. The molecule has 19 heavy (non-hydrogen) atoms. The first-order chi connectivity index (χ1) is 8.99. The maximum absolute atomic E-state index is 12.0. The van der Waals surface area contributed by atoms with E-state index in [9.17, 15) is 4.79 Å². The van der Waals surface area contributed by atoms with Crippen LogP contribution in [-0.4, -0.2) is 18.0 Å². The molecule has 1 aromatic rings. The molecule has 1 heterocycles. The largest absolute Gasteiger partial charge is 0.469 e. The number of carbonyl (C=O) groups excluding carboxylic acids is 1. The van der Waals surface area contributed by atoms with Crippen LogP contribution in [0.5, 0.6) is 0 Å². The molecule has 0 aliphatic carbocycles. The highest BCUT2D eigenvalue weighted by atomic mass is 16.3. The number of nitrogens with one attached hydrogen (secondary N) is 1. The van der Waals surface area contributed by atoms with Crippen molar-refractivity contribution in [3.05, 3.63) is 24.2 Å². The second-order valence-electron chi connectivity index (χ2n) is 5.50. The zero-order valence-corrected chi connectivity index (χ0v) is 12.2. The second-order valence-corrected chi connectivity index (χ2v) is 5.50. The second kappa shape index (κ2) is 8.00. The Labute approximate surface area is 115 Å². The van der Waals surface area contributed by atoms with Gasteiger partial charge in [-0.3, -0.25) is 4.79 Å². The van der Waals surface area contributed by atoms with E-state index >= 15 is 0 Å². The van der Waals surface area contributed by atoms with E-state index in [2.05, 4.69) is 5.32 Å². The predicted octanol–water partition coefficient (Wildman–Crippen LogP) is 2.48. The fourth-order valence-electron chi connectivity index (χ4n) is 2.04. The van der Waals surface area contributed by atoms with Crippen LogP contribution in [0.15, 0.2) is 22.8 Å². The maximum Gasteiger partial charge on any atom is 0.223 e. The molecule has 1 rings (SSSR count). The Morgan fingerprint density at radius 3 is 2.68 bits per heavy atom. The summed E-state index contributed by atoms with van der Waals surface area (Å²) in [6, 6.07) is 4.09. The third-order valence-corrected chi connectivity index (χ3v) is 3.22. The minimum atomic E-state index is 0.0396. The minimum Gasteiger partial charge on any atom is -0.469 e. The van der Waals surface area contributed by atoms with Gasteiger partial charge in [-0.05, 0) is 38.8 Å². The van der Waals surface area contributed by atoms with E-state index in [1.54, 1.807) is 6.26 Å². The fourth-order valence-corrected chi connectivity index (χ4v) is 2.04. The molecule has 4 heteroatoms. The normalized spacial score (nSPS) is 15.8. The van der Waals surface area contributed by atoms with Crippen molar-refractivity contribution in [3.8, 4) is 0 Å². The van der Waals surface area contributed by atoms with E-state index < -0.39 is 0 Å². The third-order valence-electron chi connectivity index (χ3n) is 3.22. The van der Waals surface area contributed by atoms with E-state index in [0.29, 0.717) is 0 Å². The van der Waals surface area contributed by atoms with Crippen LogP contribution >= 0.6 is 0 Å². The molecule has 0 bridgehead atoms. The van der Waals surface area contributed by atoms with Crippen molar-refractivity contribution in [1.82, 2.24) is 5.32 Å². The summed E-state index contributed by atoms with van der Waals surface area (Å²) in [4.78, 5) is 12.0. The van der Waals surface area contributed by atoms with Gasteiger partial charge >= 0.3 is 0 Å². The molecule has 108 valence electrons. The van der Waals surface area contributed by atoms with Crippen molar-refractivity contribution in [1.29, 1.82) is 0 Å². The molecule has 4 nitrogen and oxygen atoms in total. The molecule has 3 unspecified atom stereocenters. The number of furan rings is 1.